The van der Waals surface area contributed by atoms with E-state index in [9.17, 15) is 0 Å². The molecule has 0 bridgehead atoms. The molecule has 5 nitrogen and oxygen atoms in total. The number of anilines is 1. The van der Waals surface area contributed by atoms with E-state index in [1.165, 1.54) is 5.56 Å². The van der Waals surface area contributed by atoms with Crippen LogP contribution in [0.25, 0.3) is 0 Å². The van der Waals surface area contributed by atoms with Crippen molar-refractivity contribution >= 4 is 16.5 Å². The van der Waals surface area contributed by atoms with Gasteiger partial charge in [-0.1, -0.05) is 6.07 Å². The van der Waals surface area contributed by atoms with Crippen molar-refractivity contribution in [2.75, 3.05) is 37.6 Å². The molecule has 2 aromatic heterocycles. The van der Waals surface area contributed by atoms with E-state index in [0.717, 1.165) is 31.3 Å². The van der Waals surface area contributed by atoms with Crippen LogP contribution in [0.5, 0.6) is 0 Å². The average molecular weight is 289 g/mol. The first-order valence-electron chi connectivity index (χ1n) is 6.87. The van der Waals surface area contributed by atoms with E-state index in [4.69, 9.17) is 5.73 Å². The second-order valence-electron chi connectivity index (χ2n) is 4.88. The van der Waals surface area contributed by atoms with Crippen molar-refractivity contribution in [3.8, 4) is 0 Å². The summed E-state index contributed by atoms with van der Waals surface area (Å²) in [6.45, 7) is 4.66. The van der Waals surface area contributed by atoms with Crippen LogP contribution in [0.2, 0.25) is 0 Å². The maximum Gasteiger partial charge on any atom is 0.185 e. The van der Waals surface area contributed by atoms with Crippen LogP contribution in [-0.4, -0.2) is 47.6 Å². The minimum Gasteiger partial charge on any atom is -0.346 e. The third kappa shape index (κ3) is 2.82. The summed E-state index contributed by atoms with van der Waals surface area (Å²) in [5, 5.41) is 3.15. The SMILES string of the molecule is NCC(c1cccnc1)N1CCN(c2nccs2)CC1. The van der Waals surface area contributed by atoms with E-state index < -0.39 is 0 Å². The summed E-state index contributed by atoms with van der Waals surface area (Å²) in [5.74, 6) is 0. The topological polar surface area (TPSA) is 58.3 Å². The summed E-state index contributed by atoms with van der Waals surface area (Å²) < 4.78 is 0. The van der Waals surface area contributed by atoms with Crippen LogP contribution in [0.1, 0.15) is 11.6 Å². The molecule has 1 fully saturated rings. The number of nitrogens with two attached hydrogens (primary N) is 1. The molecule has 2 N–H and O–H groups in total. The Balaban J connectivity index is 1.65. The van der Waals surface area contributed by atoms with Gasteiger partial charge in [0.05, 0.1) is 0 Å². The second-order valence-corrected chi connectivity index (χ2v) is 5.75. The highest BCUT2D eigenvalue weighted by atomic mass is 32.1. The maximum atomic E-state index is 5.97. The van der Waals surface area contributed by atoms with Crippen molar-refractivity contribution in [3.63, 3.8) is 0 Å². The van der Waals surface area contributed by atoms with Crippen molar-refractivity contribution in [1.82, 2.24) is 14.9 Å². The Hall–Kier alpha value is -1.50. The van der Waals surface area contributed by atoms with Crippen molar-refractivity contribution in [2.24, 2.45) is 5.73 Å². The van der Waals surface area contributed by atoms with Crippen LogP contribution >= 0.6 is 11.3 Å². The van der Waals surface area contributed by atoms with E-state index in [0.29, 0.717) is 6.54 Å². The first kappa shape index (κ1) is 13.5. The van der Waals surface area contributed by atoms with Gasteiger partial charge in [0.2, 0.25) is 0 Å². The summed E-state index contributed by atoms with van der Waals surface area (Å²) in [6, 6.07) is 4.35. The number of thiazole rings is 1. The zero-order chi connectivity index (χ0) is 13.8. The molecule has 0 aliphatic carbocycles. The van der Waals surface area contributed by atoms with Crippen molar-refractivity contribution in [3.05, 3.63) is 41.7 Å². The molecule has 0 amide bonds. The van der Waals surface area contributed by atoms with Gasteiger partial charge in [-0.3, -0.25) is 9.88 Å². The Morgan fingerprint density at radius 3 is 2.70 bits per heavy atom. The van der Waals surface area contributed by atoms with E-state index in [-0.39, 0.29) is 6.04 Å². The van der Waals surface area contributed by atoms with Gasteiger partial charge in [-0.05, 0) is 11.6 Å². The molecule has 1 saturated heterocycles. The predicted molar refractivity (Wildman–Crippen MR) is 81.9 cm³/mol. The zero-order valence-electron chi connectivity index (χ0n) is 11.4. The number of hydrogen-bond donors (Lipinski definition) is 1. The molecule has 3 rings (SSSR count). The minimum atomic E-state index is 0.266. The summed E-state index contributed by atoms with van der Waals surface area (Å²) >= 11 is 1.70. The highest BCUT2D eigenvalue weighted by Gasteiger charge is 2.25. The van der Waals surface area contributed by atoms with Crippen LogP contribution < -0.4 is 10.6 Å². The smallest absolute Gasteiger partial charge is 0.185 e. The van der Waals surface area contributed by atoms with Gasteiger partial charge >= 0.3 is 0 Å². The molecule has 1 atom stereocenters. The first-order chi connectivity index (χ1) is 9.88. The fourth-order valence-electron chi connectivity index (χ4n) is 2.67. The molecule has 0 spiro atoms. The normalized spacial score (nSPS) is 18.1. The molecule has 0 radical (unpaired) electrons. The molecule has 1 aliphatic rings. The number of pyridine rings is 1. The van der Waals surface area contributed by atoms with E-state index >= 15 is 0 Å². The molecule has 6 heteroatoms. The number of aromatic nitrogens is 2. The molecule has 0 aromatic carbocycles. The van der Waals surface area contributed by atoms with Gasteiger partial charge in [0.15, 0.2) is 5.13 Å². The van der Waals surface area contributed by atoms with E-state index in [1.807, 2.05) is 23.8 Å². The molecular formula is C14H19N5S. The molecule has 20 heavy (non-hydrogen) atoms. The first-order valence-corrected chi connectivity index (χ1v) is 7.75. The monoisotopic (exact) mass is 289 g/mol. The van der Waals surface area contributed by atoms with Crippen molar-refractivity contribution in [1.29, 1.82) is 0 Å². The Labute approximate surface area is 123 Å². The van der Waals surface area contributed by atoms with Crippen LogP contribution in [0.4, 0.5) is 5.13 Å². The summed E-state index contributed by atoms with van der Waals surface area (Å²) in [5.41, 5.74) is 7.18. The highest BCUT2D eigenvalue weighted by Crippen LogP contribution is 2.23. The lowest BCUT2D eigenvalue weighted by Crippen LogP contribution is -2.49. The fourth-order valence-corrected chi connectivity index (χ4v) is 3.36. The molecule has 0 saturated carbocycles. The molecule has 106 valence electrons. The van der Waals surface area contributed by atoms with Gasteiger partial charge < -0.3 is 10.6 Å². The van der Waals surface area contributed by atoms with Gasteiger partial charge in [0.25, 0.3) is 0 Å². The van der Waals surface area contributed by atoms with Crippen LogP contribution in [0.15, 0.2) is 36.1 Å². The molecule has 1 aliphatic heterocycles. The van der Waals surface area contributed by atoms with Crippen molar-refractivity contribution in [2.45, 2.75) is 6.04 Å². The summed E-state index contributed by atoms with van der Waals surface area (Å²) in [4.78, 5) is 13.4. The number of hydrogen-bond acceptors (Lipinski definition) is 6. The molecule has 1 unspecified atom stereocenters. The summed E-state index contributed by atoms with van der Waals surface area (Å²) in [7, 11) is 0. The number of nitrogens with zero attached hydrogens (tertiary/aromatic N) is 4. The lowest BCUT2D eigenvalue weighted by Gasteiger charge is -2.38. The second kappa shape index (κ2) is 6.30. The number of piperazine rings is 1. The Kier molecular flexibility index (Phi) is 4.25. The van der Waals surface area contributed by atoms with Gasteiger partial charge in [-0.15, -0.1) is 11.3 Å². The molecular weight excluding hydrogens is 270 g/mol. The lowest BCUT2D eigenvalue weighted by molar-refractivity contribution is 0.190. The van der Waals surface area contributed by atoms with E-state index in [1.54, 1.807) is 17.5 Å². The average Bonchev–Trinajstić information content (AvgIpc) is 3.04. The third-order valence-corrected chi connectivity index (χ3v) is 4.57. The Morgan fingerprint density at radius 2 is 2.10 bits per heavy atom. The van der Waals surface area contributed by atoms with Gasteiger partial charge in [0, 0.05) is 62.7 Å². The predicted octanol–water partition coefficient (Wildman–Crippen LogP) is 1.36. The van der Waals surface area contributed by atoms with E-state index in [2.05, 4.69) is 25.8 Å². The van der Waals surface area contributed by atoms with Crippen LogP contribution in [-0.2, 0) is 0 Å². The maximum absolute atomic E-state index is 5.97. The lowest BCUT2D eigenvalue weighted by atomic mass is 10.1. The van der Waals surface area contributed by atoms with Crippen molar-refractivity contribution < 1.29 is 0 Å². The molecule has 3 heterocycles. The third-order valence-electron chi connectivity index (χ3n) is 3.74. The Morgan fingerprint density at radius 1 is 1.25 bits per heavy atom. The largest absolute Gasteiger partial charge is 0.346 e. The quantitative estimate of drug-likeness (QED) is 0.921. The minimum absolute atomic E-state index is 0.266. The highest BCUT2D eigenvalue weighted by molar-refractivity contribution is 7.13. The standard InChI is InChI=1S/C14H19N5S/c15-10-13(12-2-1-3-16-11-12)18-5-7-19(8-6-18)14-17-4-9-20-14/h1-4,9,11,13H,5-8,10,15H2. The Bertz CT molecular complexity index is 508. The van der Waals surface area contributed by atoms with Gasteiger partial charge in [-0.2, -0.15) is 0 Å². The summed E-state index contributed by atoms with van der Waals surface area (Å²) in [6.07, 6.45) is 5.59. The fraction of sp³-hybridized carbons (Fsp3) is 0.429. The van der Waals surface area contributed by atoms with Gasteiger partial charge in [-0.25, -0.2) is 4.98 Å². The molecule has 2 aromatic rings. The number of rotatable bonds is 4. The van der Waals surface area contributed by atoms with Crippen LogP contribution in [0, 0.1) is 0 Å². The van der Waals surface area contributed by atoms with Gasteiger partial charge in [0.1, 0.15) is 0 Å². The zero-order valence-corrected chi connectivity index (χ0v) is 12.2. The van der Waals surface area contributed by atoms with Crippen LogP contribution in [0.3, 0.4) is 0 Å².